The van der Waals surface area contributed by atoms with Crippen molar-refractivity contribution in [2.45, 2.75) is 4.90 Å². The molecule has 2 aromatic carbocycles. The first-order valence-electron chi connectivity index (χ1n) is 4.43. The summed E-state index contributed by atoms with van der Waals surface area (Å²) in [6.07, 6.45) is 0. The first-order chi connectivity index (χ1) is 7.15. The van der Waals surface area contributed by atoms with E-state index < -0.39 is 10.1 Å². The Labute approximate surface area is 154 Å². The van der Waals surface area contributed by atoms with Crippen molar-refractivity contribution in [2.24, 2.45) is 0 Å². The minimum atomic E-state index is -3.62. The third kappa shape index (κ3) is 2.91. The Morgan fingerprint density at radius 2 is 1.62 bits per heavy atom. The summed E-state index contributed by atoms with van der Waals surface area (Å²) >= 11 is 0. The van der Waals surface area contributed by atoms with Crippen LogP contribution in [-0.2, 0) is 14.3 Å². The van der Waals surface area contributed by atoms with Gasteiger partial charge in [0.25, 0.3) is 10.1 Å². The Morgan fingerprint density at radius 3 is 2.31 bits per heavy atom. The van der Waals surface area contributed by atoms with E-state index in [-0.39, 0.29) is 73.8 Å². The summed E-state index contributed by atoms with van der Waals surface area (Å²) in [6, 6.07) is 12.4. The van der Waals surface area contributed by atoms with Crippen LogP contribution in [0.5, 0.6) is 0 Å². The molecule has 0 N–H and O–H groups in total. The monoisotopic (exact) mass is 355 g/mol. The zero-order chi connectivity index (χ0) is 10.9. The van der Waals surface area contributed by atoms with Crippen molar-refractivity contribution in [1.82, 2.24) is 0 Å². The predicted octanol–water partition coefficient (Wildman–Crippen LogP) is 1.79. The van der Waals surface area contributed by atoms with E-state index in [1.54, 1.807) is 24.3 Å². The van der Waals surface area contributed by atoms with E-state index in [0.29, 0.717) is 5.39 Å². The Kier molecular flexibility index (Phi) is 5.53. The number of hydrogen-bond acceptors (Lipinski definition) is 3. The van der Waals surface area contributed by atoms with Crippen molar-refractivity contribution < 1.29 is 12.6 Å². The molecule has 0 heterocycles. The summed E-state index contributed by atoms with van der Waals surface area (Å²) in [5, 5.41) is 1.57. The van der Waals surface area contributed by atoms with Crippen LogP contribution in [0.3, 0.4) is 0 Å². The molecule has 2 aromatic rings. The topological polar surface area (TPSA) is 43.4 Å². The van der Waals surface area contributed by atoms with Crippen molar-refractivity contribution >= 4 is 89.8 Å². The number of hydrogen-bond donors (Lipinski definition) is 0. The summed E-state index contributed by atoms with van der Waals surface area (Å²) in [5.74, 6) is 0. The van der Waals surface area contributed by atoms with E-state index >= 15 is 0 Å². The van der Waals surface area contributed by atoms with Gasteiger partial charge in [0.2, 0.25) is 0 Å². The van der Waals surface area contributed by atoms with Gasteiger partial charge in [0.05, 0.1) is 7.11 Å². The van der Waals surface area contributed by atoms with Crippen LogP contribution in [0.25, 0.3) is 10.8 Å². The minimum Gasteiger partial charge on any atom is -0.270 e. The van der Waals surface area contributed by atoms with Crippen molar-refractivity contribution in [3.05, 3.63) is 42.5 Å². The number of rotatable bonds is 2. The molecule has 0 unspecified atom stereocenters. The van der Waals surface area contributed by atoms with Crippen molar-refractivity contribution in [3.8, 4) is 0 Å². The zero-order valence-electron chi connectivity index (χ0n) is 9.17. The molecule has 0 spiro atoms. The quantitative estimate of drug-likeness (QED) is 0.772. The average Bonchev–Trinajstić information content (AvgIpc) is 2.28. The van der Waals surface area contributed by atoms with Crippen LogP contribution in [0.2, 0.25) is 0 Å². The van der Waals surface area contributed by atoms with Gasteiger partial charge in [-0.3, -0.25) is 4.18 Å². The molecule has 3 nitrogen and oxygen atoms in total. The van der Waals surface area contributed by atoms with E-state index in [1.807, 2.05) is 18.2 Å². The molecule has 0 aromatic heterocycles. The van der Waals surface area contributed by atoms with Gasteiger partial charge in [-0.2, -0.15) is 8.42 Å². The third-order valence-corrected chi connectivity index (χ3v) is 3.57. The van der Waals surface area contributed by atoms with Crippen LogP contribution in [0, 0.1) is 0 Å². The fraction of sp³-hybridized carbons (Fsp3) is 0.0909. The molecular formula is C11H10CsO3S. The molecule has 0 atom stereocenters. The van der Waals surface area contributed by atoms with Crippen LogP contribution < -0.4 is 0 Å². The smallest absolute Gasteiger partial charge is 0.270 e. The number of benzene rings is 2. The normalized spacial score (nSPS) is 11.1. The maximum Gasteiger partial charge on any atom is 0.297 e. The predicted molar refractivity (Wildman–Crippen MR) is 63.9 cm³/mol. The van der Waals surface area contributed by atoms with Crippen LogP contribution in [0.4, 0.5) is 0 Å². The van der Waals surface area contributed by atoms with E-state index in [1.165, 1.54) is 0 Å². The zero-order valence-corrected chi connectivity index (χ0v) is 16.3. The van der Waals surface area contributed by atoms with E-state index in [0.717, 1.165) is 12.5 Å². The molecule has 2 rings (SSSR count). The van der Waals surface area contributed by atoms with E-state index in [4.69, 9.17) is 0 Å². The minimum absolute atomic E-state index is 0. The summed E-state index contributed by atoms with van der Waals surface area (Å²) in [6.45, 7) is 0. The van der Waals surface area contributed by atoms with Gasteiger partial charge in [0.1, 0.15) is 4.90 Å². The molecule has 79 valence electrons. The van der Waals surface area contributed by atoms with Gasteiger partial charge in [-0.05, 0) is 11.5 Å². The van der Waals surface area contributed by atoms with Gasteiger partial charge >= 0.3 is 0 Å². The summed E-state index contributed by atoms with van der Waals surface area (Å²) in [4.78, 5) is 0.211. The fourth-order valence-corrected chi connectivity index (χ4v) is 2.38. The molecule has 5 heteroatoms. The van der Waals surface area contributed by atoms with Crippen molar-refractivity contribution in [1.29, 1.82) is 0 Å². The molecule has 0 bridgehead atoms. The van der Waals surface area contributed by atoms with Gasteiger partial charge in [-0.25, -0.2) is 0 Å². The molecule has 0 saturated heterocycles. The molecule has 0 saturated carbocycles. The Balaban J connectivity index is 0.00000128. The molecule has 0 aliphatic heterocycles. The molecule has 0 aliphatic carbocycles. The van der Waals surface area contributed by atoms with Gasteiger partial charge in [-0.15, -0.1) is 0 Å². The largest absolute Gasteiger partial charge is 0.297 e. The molecule has 1 radical (unpaired) electrons. The Morgan fingerprint density at radius 1 is 1.00 bits per heavy atom. The van der Waals surface area contributed by atoms with E-state index in [2.05, 4.69) is 4.18 Å². The fourth-order valence-electron chi connectivity index (χ4n) is 1.50. The number of fused-ring (bicyclic) bond motifs is 1. The Hall–Kier alpha value is 0.662. The van der Waals surface area contributed by atoms with E-state index in [9.17, 15) is 8.42 Å². The van der Waals surface area contributed by atoms with Crippen LogP contribution >= 0.6 is 0 Å². The maximum absolute atomic E-state index is 11.6. The van der Waals surface area contributed by atoms with Gasteiger partial charge in [-0.1, -0.05) is 36.4 Å². The average molecular weight is 355 g/mol. The first-order valence-corrected chi connectivity index (χ1v) is 5.84. The standard InChI is InChI=1S/C11H10O3S.Cs/c1-14-15(12,13)11-8-4-6-9-5-2-3-7-10(9)11;/h2-8H,1H3;. The molecular weight excluding hydrogens is 345 g/mol. The SMILES string of the molecule is COS(=O)(=O)c1cccc2ccccc12.[Cs]. The first kappa shape index (κ1) is 14.7. The summed E-state index contributed by atoms with van der Waals surface area (Å²) in [7, 11) is -2.46. The second kappa shape index (κ2) is 6.01. The van der Waals surface area contributed by atoms with Crippen molar-refractivity contribution in [3.63, 3.8) is 0 Å². The van der Waals surface area contributed by atoms with Gasteiger partial charge in [0, 0.05) is 74.3 Å². The third-order valence-electron chi connectivity index (χ3n) is 2.24. The van der Waals surface area contributed by atoms with Gasteiger partial charge < -0.3 is 0 Å². The van der Waals surface area contributed by atoms with Crippen molar-refractivity contribution in [2.75, 3.05) is 7.11 Å². The van der Waals surface area contributed by atoms with Crippen LogP contribution in [0.1, 0.15) is 0 Å². The second-order valence-corrected chi connectivity index (χ2v) is 4.78. The van der Waals surface area contributed by atoms with Gasteiger partial charge in [0.15, 0.2) is 0 Å². The maximum atomic E-state index is 11.6. The summed E-state index contributed by atoms with van der Waals surface area (Å²) in [5.41, 5.74) is 0. The molecule has 0 aliphatic rings. The van der Waals surface area contributed by atoms with Crippen LogP contribution in [0.15, 0.2) is 47.4 Å². The van der Waals surface area contributed by atoms with Crippen LogP contribution in [-0.4, -0.2) is 84.4 Å². The molecule has 0 amide bonds. The Bertz CT molecular complexity index is 588. The second-order valence-electron chi connectivity index (χ2n) is 3.10. The molecule has 16 heavy (non-hydrogen) atoms. The molecule has 0 fully saturated rings. The summed E-state index contributed by atoms with van der Waals surface area (Å²) < 4.78 is 27.7.